The van der Waals surface area contributed by atoms with Gasteiger partial charge < -0.3 is 14.5 Å². The van der Waals surface area contributed by atoms with Crippen LogP contribution in [0.1, 0.15) is 40.2 Å². The average molecular weight is 364 g/mol. The topological polar surface area (TPSA) is 85.6 Å². The van der Waals surface area contributed by atoms with Crippen LogP contribution in [-0.4, -0.2) is 18.5 Å². The first-order valence-corrected chi connectivity index (χ1v) is 7.99. The van der Waals surface area contributed by atoms with Crippen LogP contribution in [0, 0.1) is 13.8 Å². The maximum atomic E-state index is 12.1. The number of carbonyl (C=O) groups excluding carboxylic acids is 2. The zero-order valence-corrected chi connectivity index (χ0v) is 14.8. The van der Waals surface area contributed by atoms with Crippen LogP contribution in [0.25, 0.3) is 0 Å². The maximum absolute atomic E-state index is 12.1. The Hall–Kier alpha value is -2.60. The smallest absolute Gasteiger partial charge is 0.342 e. The second-order valence-electron chi connectivity index (χ2n) is 5.60. The van der Waals surface area contributed by atoms with Crippen molar-refractivity contribution in [1.29, 1.82) is 0 Å². The molecule has 0 bridgehead atoms. The molecule has 25 heavy (non-hydrogen) atoms. The van der Waals surface area contributed by atoms with Crippen molar-refractivity contribution in [2.45, 2.75) is 26.8 Å². The summed E-state index contributed by atoms with van der Waals surface area (Å²) in [6.07, 6.45) is 0. The number of aryl methyl sites for hydroxylation is 2. The van der Waals surface area contributed by atoms with Gasteiger partial charge in [0.1, 0.15) is 11.3 Å². The predicted octanol–water partition coefficient (Wildman–Crippen LogP) is 2.94. The van der Waals surface area contributed by atoms with E-state index in [1.165, 1.54) is 13.0 Å². The third kappa shape index (κ3) is 4.93. The van der Waals surface area contributed by atoms with E-state index in [1.807, 2.05) is 6.07 Å². The van der Waals surface area contributed by atoms with Crippen LogP contribution < -0.4 is 10.9 Å². The fourth-order valence-corrected chi connectivity index (χ4v) is 2.61. The quantitative estimate of drug-likeness (QED) is 0.825. The lowest BCUT2D eigenvalue weighted by atomic mass is 10.1. The molecule has 0 saturated carbocycles. The van der Waals surface area contributed by atoms with Crippen molar-refractivity contribution in [3.05, 3.63) is 68.2 Å². The summed E-state index contributed by atoms with van der Waals surface area (Å²) in [5.74, 6) is -1.01. The summed E-state index contributed by atoms with van der Waals surface area (Å²) in [7, 11) is 0. The summed E-state index contributed by atoms with van der Waals surface area (Å²) in [5, 5.41) is 3.29. The second kappa shape index (κ2) is 7.98. The van der Waals surface area contributed by atoms with Crippen molar-refractivity contribution in [2.75, 3.05) is 6.61 Å². The molecule has 1 atom stereocenters. The Morgan fingerprint density at radius 3 is 2.64 bits per heavy atom. The van der Waals surface area contributed by atoms with Crippen LogP contribution in [0.3, 0.4) is 0 Å². The summed E-state index contributed by atoms with van der Waals surface area (Å²) >= 11 is 5.92. The predicted molar refractivity (Wildman–Crippen MR) is 92.7 cm³/mol. The summed E-state index contributed by atoms with van der Waals surface area (Å²) in [6.45, 7) is 4.45. The zero-order valence-electron chi connectivity index (χ0n) is 14.1. The van der Waals surface area contributed by atoms with Crippen LogP contribution in [0.15, 0.2) is 39.5 Å². The minimum atomic E-state index is -0.718. The van der Waals surface area contributed by atoms with E-state index in [0.717, 1.165) is 5.56 Å². The molecule has 2 aromatic rings. The van der Waals surface area contributed by atoms with Crippen LogP contribution >= 0.6 is 11.6 Å². The minimum Gasteiger partial charge on any atom is -0.452 e. The molecule has 0 spiro atoms. The molecular weight excluding hydrogens is 346 g/mol. The van der Waals surface area contributed by atoms with Crippen LogP contribution in [-0.2, 0) is 9.53 Å². The fourth-order valence-electron chi connectivity index (χ4n) is 2.41. The van der Waals surface area contributed by atoms with Crippen molar-refractivity contribution in [1.82, 2.24) is 5.32 Å². The van der Waals surface area contributed by atoms with Gasteiger partial charge in [0.05, 0.1) is 6.04 Å². The Bertz CT molecular complexity index is 833. The van der Waals surface area contributed by atoms with Crippen molar-refractivity contribution in [3.63, 3.8) is 0 Å². The number of esters is 1. The molecule has 7 heteroatoms. The van der Waals surface area contributed by atoms with Crippen LogP contribution in [0.4, 0.5) is 0 Å². The van der Waals surface area contributed by atoms with E-state index in [-0.39, 0.29) is 17.4 Å². The highest BCUT2D eigenvalue weighted by molar-refractivity contribution is 6.30. The fraction of sp³-hybridized carbons (Fsp3) is 0.278. The number of carbonyl (C=O) groups is 2. The Balaban J connectivity index is 1.96. The van der Waals surface area contributed by atoms with Gasteiger partial charge in [-0.15, -0.1) is 0 Å². The van der Waals surface area contributed by atoms with Gasteiger partial charge in [-0.05, 0) is 44.0 Å². The Morgan fingerprint density at radius 2 is 2.00 bits per heavy atom. The first kappa shape index (κ1) is 18.7. The third-order valence-electron chi connectivity index (χ3n) is 3.60. The van der Waals surface area contributed by atoms with E-state index in [0.29, 0.717) is 10.6 Å². The number of ether oxygens (including phenoxy) is 1. The standard InChI is InChI=1S/C18H18ClNO5/c1-10-7-16(22)25-12(3)17(10)18(23)24-9-15(21)20-11(2)13-5-4-6-14(19)8-13/h4-8,11H,9H2,1-3H3,(H,20,21). The lowest BCUT2D eigenvalue weighted by molar-refractivity contribution is -0.124. The molecule has 1 aromatic carbocycles. The molecule has 1 aromatic heterocycles. The van der Waals surface area contributed by atoms with E-state index < -0.39 is 24.1 Å². The van der Waals surface area contributed by atoms with Crippen molar-refractivity contribution >= 4 is 23.5 Å². The SMILES string of the molecule is Cc1cc(=O)oc(C)c1C(=O)OCC(=O)NC(C)c1cccc(Cl)c1. The number of benzene rings is 1. The summed E-state index contributed by atoms with van der Waals surface area (Å²) in [6, 6.07) is 8.02. The van der Waals surface area contributed by atoms with E-state index in [9.17, 15) is 14.4 Å². The molecule has 0 aliphatic carbocycles. The maximum Gasteiger partial charge on any atom is 0.342 e. The molecule has 1 unspecified atom stereocenters. The largest absolute Gasteiger partial charge is 0.452 e. The molecule has 1 N–H and O–H groups in total. The normalized spacial score (nSPS) is 11.7. The van der Waals surface area contributed by atoms with Gasteiger partial charge in [-0.25, -0.2) is 9.59 Å². The monoisotopic (exact) mass is 363 g/mol. The summed E-state index contributed by atoms with van der Waals surface area (Å²) in [4.78, 5) is 35.3. The van der Waals surface area contributed by atoms with Gasteiger partial charge >= 0.3 is 11.6 Å². The van der Waals surface area contributed by atoms with E-state index in [4.69, 9.17) is 20.8 Å². The lowest BCUT2D eigenvalue weighted by Gasteiger charge is -2.15. The molecular formula is C18H18ClNO5. The number of hydrogen-bond donors (Lipinski definition) is 1. The molecule has 0 fully saturated rings. The molecule has 0 saturated heterocycles. The summed E-state index contributed by atoms with van der Waals surface area (Å²) < 4.78 is 9.89. The number of halogens is 1. The first-order chi connectivity index (χ1) is 11.8. The average Bonchev–Trinajstić information content (AvgIpc) is 2.52. The molecule has 0 radical (unpaired) electrons. The minimum absolute atomic E-state index is 0.148. The van der Waals surface area contributed by atoms with Gasteiger partial charge in [0, 0.05) is 11.1 Å². The van der Waals surface area contributed by atoms with E-state index >= 15 is 0 Å². The lowest BCUT2D eigenvalue weighted by Crippen LogP contribution is -2.31. The first-order valence-electron chi connectivity index (χ1n) is 7.61. The number of nitrogens with one attached hydrogen (secondary N) is 1. The van der Waals surface area contributed by atoms with E-state index in [1.54, 1.807) is 32.0 Å². The zero-order chi connectivity index (χ0) is 18.6. The highest BCUT2D eigenvalue weighted by atomic mass is 35.5. The Kier molecular flexibility index (Phi) is 5.98. The Labute approximate surface area is 149 Å². The van der Waals surface area contributed by atoms with Gasteiger partial charge in [0.15, 0.2) is 6.61 Å². The highest BCUT2D eigenvalue weighted by Crippen LogP contribution is 2.17. The van der Waals surface area contributed by atoms with Gasteiger partial charge in [-0.1, -0.05) is 23.7 Å². The van der Waals surface area contributed by atoms with Gasteiger partial charge in [-0.2, -0.15) is 0 Å². The third-order valence-corrected chi connectivity index (χ3v) is 3.83. The van der Waals surface area contributed by atoms with Crippen LogP contribution in [0.5, 0.6) is 0 Å². The van der Waals surface area contributed by atoms with Crippen molar-refractivity contribution < 1.29 is 18.7 Å². The molecule has 2 rings (SSSR count). The number of rotatable bonds is 5. The van der Waals surface area contributed by atoms with Crippen molar-refractivity contribution in [3.8, 4) is 0 Å². The molecule has 1 heterocycles. The molecule has 6 nitrogen and oxygen atoms in total. The molecule has 0 aliphatic heterocycles. The van der Waals surface area contributed by atoms with Gasteiger partial charge in [0.25, 0.3) is 5.91 Å². The van der Waals surface area contributed by atoms with Crippen molar-refractivity contribution in [2.24, 2.45) is 0 Å². The number of amides is 1. The van der Waals surface area contributed by atoms with E-state index in [2.05, 4.69) is 5.32 Å². The van der Waals surface area contributed by atoms with Gasteiger partial charge in [-0.3, -0.25) is 4.79 Å². The van der Waals surface area contributed by atoms with Gasteiger partial charge in [0.2, 0.25) is 0 Å². The highest BCUT2D eigenvalue weighted by Gasteiger charge is 2.18. The molecule has 132 valence electrons. The number of hydrogen-bond acceptors (Lipinski definition) is 5. The second-order valence-corrected chi connectivity index (χ2v) is 6.04. The molecule has 1 amide bonds. The molecule has 0 aliphatic rings. The summed E-state index contributed by atoms with van der Waals surface area (Å²) in [5.41, 5.74) is 0.880. The van der Waals surface area contributed by atoms with Crippen LogP contribution in [0.2, 0.25) is 5.02 Å². The Morgan fingerprint density at radius 1 is 1.28 bits per heavy atom.